The van der Waals surface area contributed by atoms with Crippen LogP contribution in [0.25, 0.3) is 0 Å². The quantitative estimate of drug-likeness (QED) is 0.802. The number of carboxylic acids is 1. The Morgan fingerprint density at radius 2 is 2.14 bits per heavy atom. The van der Waals surface area contributed by atoms with Crippen LogP contribution in [0, 0.1) is 0 Å². The van der Waals surface area contributed by atoms with E-state index in [1.54, 1.807) is 20.0 Å². The van der Waals surface area contributed by atoms with E-state index >= 15 is 0 Å². The maximum absolute atomic E-state index is 12.3. The number of amides is 1. The highest BCUT2D eigenvalue weighted by molar-refractivity contribution is 7.89. The number of hydrogen-bond acceptors (Lipinski definition) is 4. The Bertz CT molecular complexity index is 714. The number of sulfonamides is 1. The van der Waals surface area contributed by atoms with Crippen LogP contribution in [0.2, 0.25) is 0 Å². The predicted octanol–water partition coefficient (Wildman–Crippen LogP) is 0.737. The molecule has 2 N–H and O–H groups in total. The first-order valence-electron chi connectivity index (χ1n) is 6.91. The molecule has 0 aromatic heterocycles. The minimum atomic E-state index is -3.94. The Kier molecular flexibility index (Phi) is 4.52. The van der Waals surface area contributed by atoms with Crippen LogP contribution in [0.1, 0.15) is 25.3 Å². The summed E-state index contributed by atoms with van der Waals surface area (Å²) in [5.41, 5.74) is 1.30. The molecule has 1 atom stereocenters. The van der Waals surface area contributed by atoms with Crippen LogP contribution in [0.4, 0.5) is 5.69 Å². The Morgan fingerprint density at radius 3 is 2.73 bits per heavy atom. The van der Waals surface area contributed by atoms with Crippen molar-refractivity contribution >= 4 is 27.6 Å². The SMILES string of the molecule is CCCC(NS(=O)(=O)c1ccc2c(c1)CC(=O)N2C)C(=O)O. The van der Waals surface area contributed by atoms with Crippen LogP contribution in [-0.4, -0.2) is 38.5 Å². The normalized spacial score (nSPS) is 15.7. The van der Waals surface area contributed by atoms with Crippen molar-refractivity contribution < 1.29 is 23.1 Å². The number of nitrogens with zero attached hydrogens (tertiary/aromatic N) is 1. The van der Waals surface area contributed by atoms with Gasteiger partial charge in [0.1, 0.15) is 6.04 Å². The molecule has 0 saturated heterocycles. The molecule has 0 aliphatic carbocycles. The van der Waals surface area contributed by atoms with Crippen molar-refractivity contribution in [2.24, 2.45) is 0 Å². The number of benzene rings is 1. The molecule has 1 amide bonds. The molecular formula is C14H18N2O5S. The molecule has 22 heavy (non-hydrogen) atoms. The van der Waals surface area contributed by atoms with Crippen LogP contribution >= 0.6 is 0 Å². The van der Waals surface area contributed by atoms with Gasteiger partial charge in [0, 0.05) is 12.7 Å². The van der Waals surface area contributed by atoms with Crippen LogP contribution in [0.5, 0.6) is 0 Å². The van der Waals surface area contributed by atoms with E-state index in [-0.39, 0.29) is 23.6 Å². The van der Waals surface area contributed by atoms with Gasteiger partial charge in [-0.15, -0.1) is 0 Å². The lowest BCUT2D eigenvalue weighted by atomic mass is 10.2. The van der Waals surface area contributed by atoms with E-state index in [4.69, 9.17) is 5.11 Å². The summed E-state index contributed by atoms with van der Waals surface area (Å²) in [6.45, 7) is 1.78. The number of carbonyl (C=O) groups excluding carboxylic acids is 1. The minimum Gasteiger partial charge on any atom is -0.480 e. The average Bonchev–Trinajstić information content (AvgIpc) is 2.73. The molecule has 1 aromatic rings. The third-order valence-electron chi connectivity index (χ3n) is 3.61. The molecule has 2 rings (SSSR count). The first-order valence-corrected chi connectivity index (χ1v) is 8.39. The van der Waals surface area contributed by atoms with Gasteiger partial charge in [-0.1, -0.05) is 13.3 Å². The first-order chi connectivity index (χ1) is 10.3. The zero-order valence-corrected chi connectivity index (χ0v) is 13.2. The number of likely N-dealkylation sites (N-methyl/N-ethyl adjacent to an activating group) is 1. The Balaban J connectivity index is 2.29. The van der Waals surface area contributed by atoms with Gasteiger partial charge in [-0.05, 0) is 30.2 Å². The number of fused-ring (bicyclic) bond motifs is 1. The fraction of sp³-hybridized carbons (Fsp3) is 0.429. The van der Waals surface area contributed by atoms with Crippen LogP contribution in [0.3, 0.4) is 0 Å². The maximum Gasteiger partial charge on any atom is 0.321 e. The number of hydrogen-bond donors (Lipinski definition) is 2. The zero-order chi connectivity index (χ0) is 16.5. The standard InChI is InChI=1S/C14H18N2O5S/c1-3-4-11(14(18)19)15-22(20,21)10-5-6-12-9(7-10)8-13(17)16(12)2/h5-7,11,15H,3-4,8H2,1-2H3,(H,18,19). The Labute approximate surface area is 129 Å². The van der Waals surface area contributed by atoms with Gasteiger partial charge in [0.15, 0.2) is 0 Å². The van der Waals surface area contributed by atoms with E-state index in [0.717, 1.165) is 0 Å². The number of aliphatic carboxylic acids is 1. The summed E-state index contributed by atoms with van der Waals surface area (Å²) >= 11 is 0. The van der Waals surface area contributed by atoms with Crippen molar-refractivity contribution in [1.29, 1.82) is 0 Å². The van der Waals surface area contributed by atoms with Crippen molar-refractivity contribution in [3.05, 3.63) is 23.8 Å². The lowest BCUT2D eigenvalue weighted by Crippen LogP contribution is -2.40. The number of rotatable bonds is 6. The highest BCUT2D eigenvalue weighted by Gasteiger charge is 2.28. The van der Waals surface area contributed by atoms with Gasteiger partial charge in [0.25, 0.3) is 0 Å². The molecule has 7 nitrogen and oxygen atoms in total. The largest absolute Gasteiger partial charge is 0.480 e. The van der Waals surface area contributed by atoms with Gasteiger partial charge >= 0.3 is 5.97 Å². The number of anilines is 1. The van der Waals surface area contributed by atoms with Crippen LogP contribution in [-0.2, 0) is 26.0 Å². The fourth-order valence-electron chi connectivity index (χ4n) is 2.39. The van der Waals surface area contributed by atoms with E-state index in [1.807, 2.05) is 0 Å². The minimum absolute atomic E-state index is 0.0308. The summed E-state index contributed by atoms with van der Waals surface area (Å²) in [6, 6.07) is 3.20. The molecule has 1 aromatic carbocycles. The molecule has 120 valence electrons. The highest BCUT2D eigenvalue weighted by atomic mass is 32.2. The van der Waals surface area contributed by atoms with Gasteiger partial charge in [-0.25, -0.2) is 8.42 Å². The summed E-state index contributed by atoms with van der Waals surface area (Å²) in [6.07, 6.45) is 0.899. The molecule has 0 saturated carbocycles. The van der Waals surface area contributed by atoms with Crippen molar-refractivity contribution in [2.75, 3.05) is 11.9 Å². The number of carboxylic acid groups (broad SMARTS) is 1. The number of carbonyl (C=O) groups is 2. The molecule has 1 aliphatic heterocycles. The molecule has 8 heteroatoms. The van der Waals surface area contributed by atoms with Gasteiger partial charge < -0.3 is 10.0 Å². The molecule has 0 bridgehead atoms. The third-order valence-corrected chi connectivity index (χ3v) is 5.08. The Hall–Kier alpha value is -1.93. The van der Waals surface area contributed by atoms with Crippen molar-refractivity contribution in [2.45, 2.75) is 37.1 Å². The van der Waals surface area contributed by atoms with E-state index in [1.165, 1.54) is 17.0 Å². The molecule has 0 radical (unpaired) electrons. The summed E-state index contributed by atoms with van der Waals surface area (Å²) in [5.74, 6) is -1.31. The second-order valence-corrected chi connectivity index (χ2v) is 6.93. The van der Waals surface area contributed by atoms with E-state index in [2.05, 4.69) is 4.72 Å². The lowest BCUT2D eigenvalue weighted by Gasteiger charge is -2.15. The molecular weight excluding hydrogens is 308 g/mol. The highest BCUT2D eigenvalue weighted by Crippen LogP contribution is 2.29. The van der Waals surface area contributed by atoms with E-state index < -0.39 is 22.0 Å². The van der Waals surface area contributed by atoms with Gasteiger partial charge in [0.05, 0.1) is 11.3 Å². The van der Waals surface area contributed by atoms with Crippen molar-refractivity contribution in [1.82, 2.24) is 4.72 Å². The molecule has 1 aliphatic rings. The van der Waals surface area contributed by atoms with E-state index in [0.29, 0.717) is 17.7 Å². The zero-order valence-electron chi connectivity index (χ0n) is 12.4. The van der Waals surface area contributed by atoms with Gasteiger partial charge in [-0.2, -0.15) is 4.72 Å². The number of nitrogens with one attached hydrogen (secondary N) is 1. The monoisotopic (exact) mass is 326 g/mol. The van der Waals surface area contributed by atoms with Crippen LogP contribution < -0.4 is 9.62 Å². The topological polar surface area (TPSA) is 104 Å². The van der Waals surface area contributed by atoms with Crippen molar-refractivity contribution in [3.8, 4) is 0 Å². The van der Waals surface area contributed by atoms with Crippen molar-refractivity contribution in [3.63, 3.8) is 0 Å². The third kappa shape index (κ3) is 3.12. The second kappa shape index (κ2) is 6.05. The molecule has 1 unspecified atom stereocenters. The smallest absolute Gasteiger partial charge is 0.321 e. The van der Waals surface area contributed by atoms with Gasteiger partial charge in [-0.3, -0.25) is 9.59 Å². The summed E-state index contributed by atoms with van der Waals surface area (Å²) in [5, 5.41) is 9.06. The summed E-state index contributed by atoms with van der Waals surface area (Å²) < 4.78 is 26.8. The predicted molar refractivity (Wildman–Crippen MR) is 80.2 cm³/mol. The maximum atomic E-state index is 12.3. The first kappa shape index (κ1) is 16.4. The summed E-state index contributed by atoms with van der Waals surface area (Å²) in [7, 11) is -2.32. The van der Waals surface area contributed by atoms with Crippen LogP contribution in [0.15, 0.2) is 23.1 Å². The molecule has 0 spiro atoms. The second-order valence-electron chi connectivity index (χ2n) is 5.22. The average molecular weight is 326 g/mol. The Morgan fingerprint density at radius 1 is 1.45 bits per heavy atom. The molecule has 0 fully saturated rings. The lowest BCUT2D eigenvalue weighted by molar-refractivity contribution is -0.139. The van der Waals surface area contributed by atoms with Gasteiger partial charge in [0.2, 0.25) is 15.9 Å². The summed E-state index contributed by atoms with van der Waals surface area (Å²) in [4.78, 5) is 24.2. The molecule has 1 heterocycles. The van der Waals surface area contributed by atoms with E-state index in [9.17, 15) is 18.0 Å². The fourth-order valence-corrected chi connectivity index (χ4v) is 3.66.